The number of carbonyl (C=O) groups is 1. The summed E-state index contributed by atoms with van der Waals surface area (Å²) in [5, 5.41) is 3.23. The number of ether oxygens (including phenoxy) is 1. The second-order valence-corrected chi connectivity index (χ2v) is 9.82. The fraction of sp³-hybridized carbons (Fsp3) is 0.667. The molecule has 28 heavy (non-hydrogen) atoms. The molecule has 1 saturated heterocycles. The molecule has 8 nitrogen and oxygen atoms in total. The van der Waals surface area contributed by atoms with Crippen LogP contribution in [0, 0.1) is 12.8 Å². The van der Waals surface area contributed by atoms with Gasteiger partial charge in [0.25, 0.3) is 0 Å². The van der Waals surface area contributed by atoms with E-state index in [0.29, 0.717) is 36.4 Å². The number of hydrogen-bond acceptors (Lipinski definition) is 6. The van der Waals surface area contributed by atoms with Crippen molar-refractivity contribution in [1.29, 1.82) is 0 Å². The van der Waals surface area contributed by atoms with Crippen LogP contribution in [0.2, 0.25) is 0 Å². The molecule has 1 atom stereocenters. The monoisotopic (exact) mass is 430 g/mol. The average Bonchev–Trinajstić information content (AvgIpc) is 3.12. The van der Waals surface area contributed by atoms with Crippen LogP contribution >= 0.6 is 11.3 Å². The largest absolute Gasteiger partial charge is 0.466 e. The molecular formula is C18H30N4O4S2. The van der Waals surface area contributed by atoms with Crippen molar-refractivity contribution < 1.29 is 17.9 Å². The van der Waals surface area contributed by atoms with Gasteiger partial charge in [0, 0.05) is 31.1 Å². The van der Waals surface area contributed by atoms with Crippen molar-refractivity contribution in [2.75, 3.05) is 39.3 Å². The van der Waals surface area contributed by atoms with Crippen LogP contribution in [-0.4, -0.2) is 64.6 Å². The lowest BCUT2D eigenvalue weighted by Crippen LogP contribution is -2.48. The Bertz CT molecular complexity index is 776. The van der Waals surface area contributed by atoms with E-state index in [9.17, 15) is 13.2 Å². The Morgan fingerprint density at radius 3 is 2.82 bits per heavy atom. The summed E-state index contributed by atoms with van der Waals surface area (Å²) in [4.78, 5) is 19.6. The molecule has 1 fully saturated rings. The third kappa shape index (κ3) is 6.46. The van der Waals surface area contributed by atoms with Gasteiger partial charge in [0.05, 0.1) is 19.1 Å². The fourth-order valence-electron chi connectivity index (χ4n) is 3.02. The third-order valence-corrected chi connectivity index (χ3v) is 7.28. The summed E-state index contributed by atoms with van der Waals surface area (Å²) >= 11 is 1.25. The lowest BCUT2D eigenvalue weighted by atomic mass is 9.98. The third-order valence-electron chi connectivity index (χ3n) is 4.32. The summed E-state index contributed by atoms with van der Waals surface area (Å²) in [6, 6.07) is 3.40. The second kappa shape index (κ2) is 10.8. The molecule has 0 amide bonds. The van der Waals surface area contributed by atoms with Crippen molar-refractivity contribution in [2.24, 2.45) is 10.9 Å². The van der Waals surface area contributed by atoms with E-state index >= 15 is 0 Å². The molecule has 1 aliphatic rings. The highest BCUT2D eigenvalue weighted by molar-refractivity contribution is 7.91. The first-order valence-corrected chi connectivity index (χ1v) is 11.9. The van der Waals surface area contributed by atoms with Gasteiger partial charge >= 0.3 is 5.97 Å². The number of nitrogens with zero attached hydrogens (tertiary/aromatic N) is 2. The quantitative estimate of drug-likeness (QED) is 0.281. The highest BCUT2D eigenvalue weighted by Crippen LogP contribution is 2.20. The van der Waals surface area contributed by atoms with Crippen LogP contribution in [0.15, 0.2) is 21.3 Å². The fourth-order valence-corrected chi connectivity index (χ4v) is 5.37. The number of nitrogens with one attached hydrogen (secondary N) is 2. The van der Waals surface area contributed by atoms with Gasteiger partial charge in [-0.15, -0.1) is 11.3 Å². The number of likely N-dealkylation sites (tertiary alicyclic amines) is 1. The number of esters is 1. The van der Waals surface area contributed by atoms with Crippen LogP contribution in [0.25, 0.3) is 0 Å². The molecule has 0 aromatic carbocycles. The summed E-state index contributed by atoms with van der Waals surface area (Å²) in [5.41, 5.74) is 0. The number of aryl methyl sites for hydroxylation is 1. The zero-order chi connectivity index (χ0) is 20.6. The lowest BCUT2D eigenvalue weighted by molar-refractivity contribution is -0.149. The number of rotatable bonds is 8. The highest BCUT2D eigenvalue weighted by Gasteiger charge is 2.28. The molecule has 158 valence electrons. The van der Waals surface area contributed by atoms with Crippen molar-refractivity contribution in [3.05, 3.63) is 17.0 Å². The standard InChI is InChI=1S/C18H30N4O4S2/c1-4-19-18(22-12-6-7-15(13-22)17(23)26-5-2)20-10-11-21-28(24,25)16-9-8-14(3)27-16/h8-9,15,21H,4-7,10-13H2,1-3H3,(H,19,20)/t15-/m1/s1. The maximum absolute atomic E-state index is 12.3. The van der Waals surface area contributed by atoms with Gasteiger partial charge in [0.15, 0.2) is 5.96 Å². The van der Waals surface area contributed by atoms with Crippen molar-refractivity contribution in [2.45, 2.75) is 37.8 Å². The van der Waals surface area contributed by atoms with E-state index in [-0.39, 0.29) is 18.4 Å². The first-order chi connectivity index (χ1) is 13.4. The second-order valence-electron chi connectivity index (χ2n) is 6.54. The van der Waals surface area contributed by atoms with Crippen LogP contribution < -0.4 is 10.0 Å². The minimum absolute atomic E-state index is 0.155. The Hall–Kier alpha value is -1.65. The van der Waals surface area contributed by atoms with Gasteiger partial charge in [0.2, 0.25) is 10.0 Å². The van der Waals surface area contributed by atoms with Crippen LogP contribution in [-0.2, 0) is 19.6 Å². The minimum Gasteiger partial charge on any atom is -0.466 e. The molecular weight excluding hydrogens is 400 g/mol. The zero-order valence-corrected chi connectivity index (χ0v) is 18.4. The minimum atomic E-state index is -3.50. The summed E-state index contributed by atoms with van der Waals surface area (Å²) in [5.74, 6) is 0.378. The molecule has 0 aliphatic carbocycles. The summed E-state index contributed by atoms with van der Waals surface area (Å²) in [7, 11) is -3.50. The number of piperidine rings is 1. The van der Waals surface area contributed by atoms with Gasteiger partial charge < -0.3 is 15.0 Å². The number of carbonyl (C=O) groups excluding carboxylic acids is 1. The molecule has 0 saturated carbocycles. The van der Waals surface area contributed by atoms with Crippen LogP contribution in [0.5, 0.6) is 0 Å². The number of hydrogen-bond donors (Lipinski definition) is 2. The Kier molecular flexibility index (Phi) is 8.71. The molecule has 1 aromatic rings. The van der Waals surface area contributed by atoms with Crippen molar-refractivity contribution in [1.82, 2.24) is 14.9 Å². The Balaban J connectivity index is 1.93. The maximum Gasteiger partial charge on any atom is 0.310 e. The highest BCUT2D eigenvalue weighted by atomic mass is 32.2. The summed E-state index contributed by atoms with van der Waals surface area (Å²) in [6.45, 7) is 8.63. The topological polar surface area (TPSA) is 100 Å². The Labute approximate surface area is 171 Å². The molecule has 2 N–H and O–H groups in total. The first kappa shape index (κ1) is 22.6. The van der Waals surface area contributed by atoms with Crippen molar-refractivity contribution >= 4 is 33.3 Å². The molecule has 10 heteroatoms. The molecule has 1 aromatic heterocycles. The van der Waals surface area contributed by atoms with Gasteiger partial charge in [-0.2, -0.15) is 0 Å². The molecule has 0 unspecified atom stereocenters. The predicted molar refractivity (Wildman–Crippen MR) is 111 cm³/mol. The van der Waals surface area contributed by atoms with E-state index in [2.05, 4.69) is 15.0 Å². The smallest absolute Gasteiger partial charge is 0.310 e. The van der Waals surface area contributed by atoms with Gasteiger partial charge in [0.1, 0.15) is 4.21 Å². The van der Waals surface area contributed by atoms with Crippen LogP contribution in [0.4, 0.5) is 0 Å². The van der Waals surface area contributed by atoms with E-state index in [0.717, 1.165) is 24.3 Å². The van der Waals surface area contributed by atoms with Crippen molar-refractivity contribution in [3.8, 4) is 0 Å². The van der Waals surface area contributed by atoms with E-state index in [4.69, 9.17) is 4.74 Å². The van der Waals surface area contributed by atoms with Crippen LogP contribution in [0.3, 0.4) is 0 Å². The van der Waals surface area contributed by atoms with Crippen LogP contribution in [0.1, 0.15) is 31.6 Å². The van der Waals surface area contributed by atoms with Gasteiger partial charge in [-0.05, 0) is 45.7 Å². The molecule has 0 spiro atoms. The van der Waals surface area contributed by atoms with Gasteiger partial charge in [-0.3, -0.25) is 9.79 Å². The van der Waals surface area contributed by atoms with Gasteiger partial charge in [-0.1, -0.05) is 0 Å². The number of guanidine groups is 1. The molecule has 0 bridgehead atoms. The van der Waals surface area contributed by atoms with Crippen molar-refractivity contribution in [3.63, 3.8) is 0 Å². The average molecular weight is 431 g/mol. The number of aliphatic imine (C=N–C) groups is 1. The molecule has 2 heterocycles. The zero-order valence-electron chi connectivity index (χ0n) is 16.7. The summed E-state index contributed by atoms with van der Waals surface area (Å²) in [6.07, 6.45) is 1.70. The Morgan fingerprint density at radius 1 is 1.39 bits per heavy atom. The molecule has 2 rings (SSSR count). The first-order valence-electron chi connectivity index (χ1n) is 9.63. The van der Waals surface area contributed by atoms with E-state index in [1.165, 1.54) is 11.3 Å². The van der Waals surface area contributed by atoms with E-state index < -0.39 is 10.0 Å². The van der Waals surface area contributed by atoms with Gasteiger partial charge in [-0.25, -0.2) is 13.1 Å². The lowest BCUT2D eigenvalue weighted by Gasteiger charge is -2.34. The number of thiophene rings is 1. The Morgan fingerprint density at radius 2 is 2.18 bits per heavy atom. The molecule has 0 radical (unpaired) electrons. The van der Waals surface area contributed by atoms with E-state index in [1.807, 2.05) is 25.7 Å². The summed E-state index contributed by atoms with van der Waals surface area (Å²) < 4.78 is 32.6. The van der Waals surface area contributed by atoms with E-state index in [1.54, 1.807) is 12.1 Å². The SMILES string of the molecule is CCNC(=NCCNS(=O)(=O)c1ccc(C)s1)N1CCC[C@@H](C(=O)OCC)C1. The predicted octanol–water partition coefficient (Wildman–Crippen LogP) is 1.58. The molecule has 1 aliphatic heterocycles. The number of sulfonamides is 1. The maximum atomic E-state index is 12.3. The normalized spacial score (nSPS) is 18.2.